The molecule has 0 spiro atoms. The van der Waals surface area contributed by atoms with E-state index in [1.165, 1.54) is 6.42 Å². The second-order valence-corrected chi connectivity index (χ2v) is 5.58. The molecule has 1 heterocycles. The maximum atomic E-state index is 11.8. The number of hydrogen-bond donors (Lipinski definition) is 3. The molecule has 5 nitrogen and oxygen atoms in total. The first-order valence-electron chi connectivity index (χ1n) is 6.67. The highest BCUT2D eigenvalue weighted by molar-refractivity contribution is 7.80. The third-order valence-corrected chi connectivity index (χ3v) is 4.05. The largest absolute Gasteiger partial charge is 0.358 e. The zero-order chi connectivity index (χ0) is 13.9. The molecule has 2 aliphatic rings. The van der Waals surface area contributed by atoms with Gasteiger partial charge in [0.25, 0.3) is 5.91 Å². The fraction of sp³-hybridized carbons (Fsp3) is 0.357. The van der Waals surface area contributed by atoms with Crippen LogP contribution in [0.15, 0.2) is 36.7 Å². The molecule has 1 saturated carbocycles. The zero-order valence-corrected chi connectivity index (χ0v) is 11.7. The summed E-state index contributed by atoms with van der Waals surface area (Å²) in [6, 6.07) is 3.67. The van der Waals surface area contributed by atoms with Gasteiger partial charge in [-0.15, -0.1) is 0 Å². The molecule has 1 aromatic heterocycles. The number of thiocarbonyl (C=S) groups is 1. The Morgan fingerprint density at radius 1 is 1.20 bits per heavy atom. The van der Waals surface area contributed by atoms with Gasteiger partial charge in [0.1, 0.15) is 0 Å². The lowest BCUT2D eigenvalue weighted by atomic mass is 10.0. The van der Waals surface area contributed by atoms with Crippen LogP contribution in [0.4, 0.5) is 0 Å². The van der Waals surface area contributed by atoms with Crippen molar-refractivity contribution in [2.45, 2.75) is 18.9 Å². The summed E-state index contributed by atoms with van der Waals surface area (Å²) in [5.74, 6) is 1.02. The standard InChI is InChI=1S/C14H16N4OS/c19-13(10-3-5-15-6-4-10)17-18-14(20)16-12-8-9-1-2-11(12)7-9/h1-6,9,11-12H,7-8H2,(H,17,19)(H2,16,18,20)/t9-,11-,12+/m1/s1. The monoisotopic (exact) mass is 288 g/mol. The predicted molar refractivity (Wildman–Crippen MR) is 79.7 cm³/mol. The van der Waals surface area contributed by atoms with Crippen LogP contribution in [-0.2, 0) is 0 Å². The van der Waals surface area contributed by atoms with E-state index in [2.05, 4.69) is 33.3 Å². The fourth-order valence-electron chi connectivity index (χ4n) is 2.84. The number of aromatic nitrogens is 1. The summed E-state index contributed by atoms with van der Waals surface area (Å²) in [7, 11) is 0. The number of allylic oxidation sites excluding steroid dienone is 1. The Bertz CT molecular complexity index is 545. The Labute approximate surface area is 122 Å². The maximum absolute atomic E-state index is 11.8. The highest BCUT2D eigenvalue weighted by atomic mass is 32.1. The Kier molecular flexibility index (Phi) is 3.64. The molecule has 104 valence electrons. The molecule has 0 saturated heterocycles. The number of hydrogen-bond acceptors (Lipinski definition) is 3. The first-order chi connectivity index (χ1) is 9.72. The van der Waals surface area contributed by atoms with E-state index in [0.717, 1.165) is 6.42 Å². The lowest BCUT2D eigenvalue weighted by Crippen LogP contribution is -2.50. The molecule has 6 heteroatoms. The van der Waals surface area contributed by atoms with E-state index in [1.54, 1.807) is 24.5 Å². The van der Waals surface area contributed by atoms with Gasteiger partial charge in [-0.1, -0.05) is 12.2 Å². The number of nitrogens with one attached hydrogen (secondary N) is 3. The van der Waals surface area contributed by atoms with Crippen molar-refractivity contribution in [1.82, 2.24) is 21.2 Å². The molecule has 0 aliphatic heterocycles. The molecular formula is C14H16N4OS. The number of rotatable bonds is 2. The Morgan fingerprint density at radius 2 is 2.00 bits per heavy atom. The van der Waals surface area contributed by atoms with Crippen LogP contribution in [0.1, 0.15) is 23.2 Å². The maximum Gasteiger partial charge on any atom is 0.269 e. The quantitative estimate of drug-likeness (QED) is 0.433. The van der Waals surface area contributed by atoms with Gasteiger partial charge in [-0.25, -0.2) is 0 Å². The molecule has 0 radical (unpaired) electrons. The summed E-state index contributed by atoms with van der Waals surface area (Å²) < 4.78 is 0. The van der Waals surface area contributed by atoms with Crippen molar-refractivity contribution in [3.8, 4) is 0 Å². The molecule has 2 bridgehead atoms. The number of hydrazine groups is 1. The number of pyridine rings is 1. The van der Waals surface area contributed by atoms with Crippen molar-refractivity contribution < 1.29 is 4.79 Å². The van der Waals surface area contributed by atoms with E-state index in [0.29, 0.717) is 28.6 Å². The second kappa shape index (κ2) is 5.58. The van der Waals surface area contributed by atoms with Crippen molar-refractivity contribution in [1.29, 1.82) is 0 Å². The van der Waals surface area contributed by atoms with Gasteiger partial charge >= 0.3 is 0 Å². The molecular weight excluding hydrogens is 272 g/mol. The van der Waals surface area contributed by atoms with Crippen LogP contribution >= 0.6 is 12.2 Å². The molecule has 1 fully saturated rings. The van der Waals surface area contributed by atoms with E-state index < -0.39 is 0 Å². The lowest BCUT2D eigenvalue weighted by molar-refractivity contribution is 0.0943. The molecule has 2 aliphatic carbocycles. The third-order valence-electron chi connectivity index (χ3n) is 3.83. The lowest BCUT2D eigenvalue weighted by Gasteiger charge is -2.21. The Hall–Kier alpha value is -1.95. The normalized spacial score (nSPS) is 26.3. The fourth-order valence-corrected chi connectivity index (χ4v) is 3.04. The van der Waals surface area contributed by atoms with Gasteiger partial charge in [-0.2, -0.15) is 0 Å². The first-order valence-corrected chi connectivity index (χ1v) is 7.08. The molecule has 3 N–H and O–H groups in total. The van der Waals surface area contributed by atoms with Crippen LogP contribution in [0.3, 0.4) is 0 Å². The van der Waals surface area contributed by atoms with Crippen LogP contribution in [-0.4, -0.2) is 22.0 Å². The van der Waals surface area contributed by atoms with Crippen LogP contribution in [0.5, 0.6) is 0 Å². The zero-order valence-electron chi connectivity index (χ0n) is 10.9. The number of amides is 1. The molecule has 20 heavy (non-hydrogen) atoms. The van der Waals surface area contributed by atoms with Gasteiger partial charge in [0.2, 0.25) is 0 Å². The summed E-state index contributed by atoms with van der Waals surface area (Å²) >= 11 is 5.20. The van der Waals surface area contributed by atoms with Gasteiger partial charge in [-0.3, -0.25) is 20.6 Å². The van der Waals surface area contributed by atoms with Crippen LogP contribution in [0.2, 0.25) is 0 Å². The first kappa shape index (κ1) is 13.1. The Morgan fingerprint density at radius 3 is 2.65 bits per heavy atom. The molecule has 0 unspecified atom stereocenters. The summed E-state index contributed by atoms with van der Waals surface area (Å²) in [6.45, 7) is 0. The predicted octanol–water partition coefficient (Wildman–Crippen LogP) is 1.16. The van der Waals surface area contributed by atoms with Crippen molar-refractivity contribution >= 4 is 23.2 Å². The van der Waals surface area contributed by atoms with E-state index >= 15 is 0 Å². The molecule has 3 atom stereocenters. The minimum atomic E-state index is -0.232. The van der Waals surface area contributed by atoms with Crippen molar-refractivity contribution in [3.05, 3.63) is 42.2 Å². The summed E-state index contributed by atoms with van der Waals surface area (Å²) in [5.41, 5.74) is 5.86. The number of fused-ring (bicyclic) bond motifs is 2. The van der Waals surface area contributed by atoms with Crippen molar-refractivity contribution in [2.24, 2.45) is 11.8 Å². The van der Waals surface area contributed by atoms with Crippen molar-refractivity contribution in [3.63, 3.8) is 0 Å². The van der Waals surface area contributed by atoms with E-state index in [-0.39, 0.29) is 5.91 Å². The molecule has 0 aromatic carbocycles. The van der Waals surface area contributed by atoms with Crippen LogP contribution < -0.4 is 16.2 Å². The van der Waals surface area contributed by atoms with Gasteiger partial charge in [0, 0.05) is 24.0 Å². The average Bonchev–Trinajstić information content (AvgIpc) is 3.08. The highest BCUT2D eigenvalue weighted by Gasteiger charge is 2.35. The van der Waals surface area contributed by atoms with Crippen molar-refractivity contribution in [2.75, 3.05) is 0 Å². The minimum Gasteiger partial charge on any atom is -0.358 e. The number of carbonyl (C=O) groups is 1. The third kappa shape index (κ3) is 2.80. The van der Waals surface area contributed by atoms with E-state index in [1.807, 2.05) is 0 Å². The number of nitrogens with zero attached hydrogens (tertiary/aromatic N) is 1. The summed E-state index contributed by atoms with van der Waals surface area (Å²) in [6.07, 6.45) is 10.0. The minimum absolute atomic E-state index is 0.232. The molecule has 1 aromatic rings. The topological polar surface area (TPSA) is 66.1 Å². The van der Waals surface area contributed by atoms with E-state index in [9.17, 15) is 4.79 Å². The van der Waals surface area contributed by atoms with Gasteiger partial charge in [0.15, 0.2) is 5.11 Å². The summed E-state index contributed by atoms with van der Waals surface area (Å²) in [5, 5.41) is 3.72. The second-order valence-electron chi connectivity index (χ2n) is 5.18. The van der Waals surface area contributed by atoms with Gasteiger partial charge in [-0.05, 0) is 49.0 Å². The van der Waals surface area contributed by atoms with Gasteiger partial charge in [0.05, 0.1) is 0 Å². The van der Waals surface area contributed by atoms with Gasteiger partial charge < -0.3 is 5.32 Å². The Balaban J connectivity index is 1.46. The van der Waals surface area contributed by atoms with Crippen LogP contribution in [0, 0.1) is 11.8 Å². The average molecular weight is 288 g/mol. The highest BCUT2D eigenvalue weighted by Crippen LogP contribution is 2.38. The summed E-state index contributed by atoms with van der Waals surface area (Å²) in [4.78, 5) is 15.7. The molecule has 1 amide bonds. The smallest absolute Gasteiger partial charge is 0.269 e. The van der Waals surface area contributed by atoms with Crippen LogP contribution in [0.25, 0.3) is 0 Å². The SMILES string of the molecule is O=C(NNC(=S)N[C@H]1C[C@@H]2C=C[C@@H]1C2)c1ccncc1. The molecule has 3 rings (SSSR count). The number of carbonyl (C=O) groups excluding carboxylic acids is 1. The van der Waals surface area contributed by atoms with E-state index in [4.69, 9.17) is 12.2 Å².